The van der Waals surface area contributed by atoms with Crippen LogP contribution in [0.3, 0.4) is 0 Å². The number of anilines is 1. The molecule has 1 heterocycles. The van der Waals surface area contributed by atoms with E-state index in [4.69, 9.17) is 4.74 Å². The van der Waals surface area contributed by atoms with Gasteiger partial charge in [0.15, 0.2) is 0 Å². The van der Waals surface area contributed by atoms with Crippen molar-refractivity contribution in [3.8, 4) is 0 Å². The highest BCUT2D eigenvalue weighted by atomic mass is 16.5. The van der Waals surface area contributed by atoms with E-state index in [1.807, 2.05) is 0 Å². The molecule has 19 heavy (non-hydrogen) atoms. The number of ether oxygens (including phenoxy) is 1. The molecule has 1 aromatic rings. The van der Waals surface area contributed by atoms with E-state index < -0.39 is 0 Å². The Labute approximate surface area is 113 Å². The van der Waals surface area contributed by atoms with Crippen LogP contribution in [0.25, 0.3) is 0 Å². The summed E-state index contributed by atoms with van der Waals surface area (Å²) in [5.41, 5.74) is 1.34. The number of hydrogen-bond donors (Lipinski definition) is 2. The van der Waals surface area contributed by atoms with Gasteiger partial charge in [-0.2, -0.15) is 0 Å². The van der Waals surface area contributed by atoms with E-state index in [9.17, 15) is 4.79 Å². The Hall–Kier alpha value is -1.62. The Morgan fingerprint density at radius 3 is 3.00 bits per heavy atom. The van der Waals surface area contributed by atoms with Gasteiger partial charge in [-0.3, -0.25) is 9.78 Å². The lowest BCUT2D eigenvalue weighted by atomic mass is 10.2. The van der Waals surface area contributed by atoms with Crippen LogP contribution in [0.2, 0.25) is 0 Å². The largest absolute Gasteiger partial charge is 0.387 e. The van der Waals surface area contributed by atoms with Crippen LogP contribution in [0, 0.1) is 0 Å². The van der Waals surface area contributed by atoms with E-state index in [-0.39, 0.29) is 5.91 Å². The molecule has 1 aromatic heterocycles. The predicted molar refractivity (Wildman–Crippen MR) is 74.3 cm³/mol. The normalized spacial score (nSPS) is 15.4. The maximum Gasteiger partial charge on any atom is 0.255 e. The number of aromatic nitrogens is 1. The Kier molecular flexibility index (Phi) is 5.15. The van der Waals surface area contributed by atoms with Gasteiger partial charge in [-0.05, 0) is 18.9 Å². The minimum atomic E-state index is -0.118. The van der Waals surface area contributed by atoms with E-state index >= 15 is 0 Å². The van der Waals surface area contributed by atoms with Gasteiger partial charge in [0, 0.05) is 31.7 Å². The maximum atomic E-state index is 12.0. The van der Waals surface area contributed by atoms with Crippen LogP contribution >= 0.6 is 0 Å². The van der Waals surface area contributed by atoms with E-state index in [1.165, 1.54) is 12.8 Å². The number of carbonyl (C=O) groups is 1. The summed E-state index contributed by atoms with van der Waals surface area (Å²) in [5.74, 6) is -0.118. The zero-order valence-electron chi connectivity index (χ0n) is 11.3. The summed E-state index contributed by atoms with van der Waals surface area (Å²) < 4.78 is 5.70. The monoisotopic (exact) mass is 263 g/mol. The molecule has 0 spiro atoms. The topological polar surface area (TPSA) is 63.2 Å². The summed E-state index contributed by atoms with van der Waals surface area (Å²) in [6, 6.07) is 1.78. The van der Waals surface area contributed by atoms with E-state index in [2.05, 4.69) is 15.6 Å². The number of nitrogens with zero attached hydrogens (tertiary/aromatic N) is 1. The van der Waals surface area contributed by atoms with Gasteiger partial charge in [0.25, 0.3) is 5.91 Å². The lowest BCUT2D eigenvalue weighted by molar-refractivity contribution is 0.0582. The van der Waals surface area contributed by atoms with Gasteiger partial charge in [-0.15, -0.1) is 0 Å². The molecule has 0 bridgehead atoms. The number of pyridine rings is 1. The first kappa shape index (κ1) is 13.8. The van der Waals surface area contributed by atoms with Gasteiger partial charge in [0.1, 0.15) is 0 Å². The van der Waals surface area contributed by atoms with Gasteiger partial charge >= 0.3 is 0 Å². The maximum absolute atomic E-state index is 12.0. The number of amides is 1. The number of hydrogen-bond acceptors (Lipinski definition) is 4. The summed E-state index contributed by atoms with van der Waals surface area (Å²) in [5, 5.41) is 5.83. The molecule has 1 saturated carbocycles. The molecule has 5 heteroatoms. The Morgan fingerprint density at radius 1 is 1.47 bits per heavy atom. The van der Waals surface area contributed by atoms with Crippen molar-refractivity contribution in [1.82, 2.24) is 10.3 Å². The molecule has 0 aromatic carbocycles. The third-order valence-corrected chi connectivity index (χ3v) is 3.38. The van der Waals surface area contributed by atoms with E-state index in [0.29, 0.717) is 24.8 Å². The van der Waals surface area contributed by atoms with Crippen molar-refractivity contribution in [2.45, 2.75) is 31.8 Å². The van der Waals surface area contributed by atoms with Crippen LogP contribution in [-0.4, -0.2) is 37.2 Å². The lowest BCUT2D eigenvalue weighted by Crippen LogP contribution is -2.29. The SMILES string of the molecule is CNc1ccncc1C(=O)NCCOC1CCCC1. The fourth-order valence-corrected chi connectivity index (χ4v) is 2.33. The van der Waals surface area contributed by atoms with Crippen molar-refractivity contribution in [2.24, 2.45) is 0 Å². The third-order valence-electron chi connectivity index (χ3n) is 3.38. The summed E-state index contributed by atoms with van der Waals surface area (Å²) in [4.78, 5) is 15.9. The summed E-state index contributed by atoms with van der Waals surface area (Å²) in [6.45, 7) is 1.11. The highest BCUT2D eigenvalue weighted by molar-refractivity contribution is 5.99. The molecule has 0 atom stereocenters. The van der Waals surface area contributed by atoms with Crippen LogP contribution in [0.15, 0.2) is 18.5 Å². The zero-order chi connectivity index (χ0) is 13.5. The number of rotatable bonds is 6. The second kappa shape index (κ2) is 7.09. The summed E-state index contributed by atoms with van der Waals surface area (Å²) in [6.07, 6.45) is 8.45. The van der Waals surface area contributed by atoms with Crippen LogP contribution in [0.5, 0.6) is 0 Å². The smallest absolute Gasteiger partial charge is 0.255 e. The molecule has 0 unspecified atom stereocenters. The third kappa shape index (κ3) is 3.92. The first-order valence-corrected chi connectivity index (χ1v) is 6.83. The Bertz CT molecular complexity index is 417. The zero-order valence-corrected chi connectivity index (χ0v) is 11.3. The van der Waals surface area contributed by atoms with Crippen molar-refractivity contribution in [3.63, 3.8) is 0 Å². The predicted octanol–water partition coefficient (Wildman–Crippen LogP) is 1.81. The molecule has 5 nitrogen and oxygen atoms in total. The number of carbonyl (C=O) groups excluding carboxylic acids is 1. The van der Waals surface area contributed by atoms with Crippen molar-refractivity contribution < 1.29 is 9.53 Å². The standard InChI is InChI=1S/C14H21N3O2/c1-15-13-6-7-16-10-12(13)14(18)17-8-9-19-11-4-2-3-5-11/h6-7,10-11H,2-5,8-9H2,1H3,(H,15,16)(H,17,18). The summed E-state index contributed by atoms with van der Waals surface area (Å²) in [7, 11) is 1.79. The van der Waals surface area contributed by atoms with Crippen LogP contribution in [0.1, 0.15) is 36.0 Å². The second-order valence-electron chi connectivity index (χ2n) is 4.70. The fraction of sp³-hybridized carbons (Fsp3) is 0.571. The quantitative estimate of drug-likeness (QED) is 0.768. The first-order valence-electron chi connectivity index (χ1n) is 6.83. The molecule has 2 N–H and O–H groups in total. The lowest BCUT2D eigenvalue weighted by Gasteiger charge is -2.12. The van der Waals surface area contributed by atoms with Crippen molar-refractivity contribution in [2.75, 3.05) is 25.5 Å². The fourth-order valence-electron chi connectivity index (χ4n) is 2.33. The van der Waals surface area contributed by atoms with Gasteiger partial charge in [-0.25, -0.2) is 0 Å². The van der Waals surface area contributed by atoms with Crippen LogP contribution in [0.4, 0.5) is 5.69 Å². The molecule has 1 aliphatic rings. The minimum absolute atomic E-state index is 0.118. The minimum Gasteiger partial charge on any atom is -0.387 e. The molecule has 1 fully saturated rings. The van der Waals surface area contributed by atoms with Gasteiger partial charge in [-0.1, -0.05) is 12.8 Å². The first-order chi connectivity index (χ1) is 9.31. The van der Waals surface area contributed by atoms with Gasteiger partial charge < -0.3 is 15.4 Å². The second-order valence-corrected chi connectivity index (χ2v) is 4.70. The molecular weight excluding hydrogens is 242 g/mol. The van der Waals surface area contributed by atoms with E-state index in [0.717, 1.165) is 18.5 Å². The molecule has 0 saturated heterocycles. The molecule has 104 valence electrons. The van der Waals surface area contributed by atoms with Crippen LogP contribution < -0.4 is 10.6 Å². The Morgan fingerprint density at radius 2 is 2.26 bits per heavy atom. The average Bonchev–Trinajstić information content (AvgIpc) is 2.96. The molecular formula is C14H21N3O2. The molecule has 1 aliphatic carbocycles. The number of nitrogens with one attached hydrogen (secondary N) is 2. The van der Waals surface area contributed by atoms with Crippen molar-refractivity contribution >= 4 is 11.6 Å². The average molecular weight is 263 g/mol. The molecule has 0 aliphatic heterocycles. The van der Waals surface area contributed by atoms with Gasteiger partial charge in [0.05, 0.1) is 18.3 Å². The van der Waals surface area contributed by atoms with Crippen molar-refractivity contribution in [3.05, 3.63) is 24.0 Å². The van der Waals surface area contributed by atoms with Gasteiger partial charge in [0.2, 0.25) is 0 Å². The summed E-state index contributed by atoms with van der Waals surface area (Å²) >= 11 is 0. The molecule has 2 rings (SSSR count). The highest BCUT2D eigenvalue weighted by Crippen LogP contribution is 2.20. The Balaban J connectivity index is 1.74. The van der Waals surface area contributed by atoms with E-state index in [1.54, 1.807) is 25.5 Å². The highest BCUT2D eigenvalue weighted by Gasteiger charge is 2.15. The molecule has 1 amide bonds. The van der Waals surface area contributed by atoms with Crippen molar-refractivity contribution in [1.29, 1.82) is 0 Å². The molecule has 0 radical (unpaired) electrons. The van der Waals surface area contributed by atoms with Crippen LogP contribution in [-0.2, 0) is 4.74 Å².